The monoisotopic (exact) mass is 500 g/mol. The Morgan fingerprint density at radius 1 is 0.447 bits per heavy atom. The molecule has 0 aliphatic rings. The summed E-state index contributed by atoms with van der Waals surface area (Å²) in [6.45, 7) is 0. The Bertz CT molecular complexity index is 2390. The summed E-state index contributed by atoms with van der Waals surface area (Å²) in [5.74, 6) is 0. The number of benzene rings is 6. The predicted octanol–water partition coefficient (Wildman–Crippen LogP) is 10.0. The molecule has 0 radical (unpaired) electrons. The molecule has 9 rings (SSSR count). The molecule has 6 aromatic carbocycles. The van der Waals surface area contributed by atoms with Gasteiger partial charge in [-0.1, -0.05) is 60.7 Å². The van der Waals surface area contributed by atoms with Gasteiger partial charge >= 0.3 is 0 Å². The molecule has 0 bridgehead atoms. The Hall–Kier alpha value is -4.73. The van der Waals surface area contributed by atoms with Gasteiger partial charge < -0.3 is 4.57 Å². The van der Waals surface area contributed by atoms with Crippen molar-refractivity contribution >= 4 is 85.8 Å². The third-order valence-electron chi connectivity index (χ3n) is 7.99. The predicted molar refractivity (Wildman–Crippen MR) is 164 cm³/mol. The zero-order valence-corrected chi connectivity index (χ0v) is 21.2. The SMILES string of the molecule is c1ccc(-n2c3ccccc3c3cc4c(cc32)c2cc3sc5ccccc5c3cc2c2ncccc42)cc1. The van der Waals surface area contributed by atoms with E-state index < -0.39 is 0 Å². The summed E-state index contributed by atoms with van der Waals surface area (Å²) in [5.41, 5.74) is 4.70. The zero-order chi connectivity index (χ0) is 24.8. The van der Waals surface area contributed by atoms with Crippen LogP contribution in [0.25, 0.3) is 80.1 Å². The van der Waals surface area contributed by atoms with Crippen LogP contribution in [0.3, 0.4) is 0 Å². The summed E-state index contributed by atoms with van der Waals surface area (Å²) >= 11 is 1.87. The number of fused-ring (bicyclic) bond motifs is 12. The summed E-state index contributed by atoms with van der Waals surface area (Å²) in [5, 5.41) is 11.4. The van der Waals surface area contributed by atoms with Crippen LogP contribution in [-0.4, -0.2) is 9.55 Å². The molecule has 0 atom stereocenters. The smallest absolute Gasteiger partial charge is 0.0786 e. The van der Waals surface area contributed by atoms with Crippen molar-refractivity contribution in [1.29, 1.82) is 0 Å². The van der Waals surface area contributed by atoms with Crippen LogP contribution in [0.4, 0.5) is 0 Å². The lowest BCUT2D eigenvalue weighted by atomic mass is 9.94. The first-order valence-corrected chi connectivity index (χ1v) is 13.7. The van der Waals surface area contributed by atoms with Gasteiger partial charge in [0.2, 0.25) is 0 Å². The molecule has 0 aliphatic heterocycles. The molecule has 3 aromatic heterocycles. The van der Waals surface area contributed by atoms with Gasteiger partial charge in [0, 0.05) is 53.6 Å². The van der Waals surface area contributed by atoms with E-state index in [0.29, 0.717) is 0 Å². The highest BCUT2D eigenvalue weighted by atomic mass is 32.1. The normalized spacial score (nSPS) is 12.2. The van der Waals surface area contributed by atoms with Crippen LogP contribution in [0, 0.1) is 0 Å². The van der Waals surface area contributed by atoms with Crippen LogP contribution in [0.5, 0.6) is 0 Å². The molecular weight excluding hydrogens is 480 g/mol. The van der Waals surface area contributed by atoms with Crippen LogP contribution in [0.1, 0.15) is 0 Å². The van der Waals surface area contributed by atoms with Crippen molar-refractivity contribution in [3.63, 3.8) is 0 Å². The molecule has 38 heavy (non-hydrogen) atoms. The van der Waals surface area contributed by atoms with Gasteiger partial charge in [0.25, 0.3) is 0 Å². The molecule has 0 aliphatic carbocycles. The number of thiophene rings is 1. The second-order valence-corrected chi connectivity index (χ2v) is 11.1. The van der Waals surface area contributed by atoms with Gasteiger partial charge in [0.05, 0.1) is 16.6 Å². The van der Waals surface area contributed by atoms with E-state index in [9.17, 15) is 0 Å². The highest BCUT2D eigenvalue weighted by Crippen LogP contribution is 2.43. The van der Waals surface area contributed by atoms with E-state index in [4.69, 9.17) is 4.98 Å². The number of para-hydroxylation sites is 2. The summed E-state index contributed by atoms with van der Waals surface area (Å²) in [6, 6.07) is 42.0. The Labute approximate surface area is 222 Å². The first-order chi connectivity index (χ1) is 18.8. The van der Waals surface area contributed by atoms with Gasteiger partial charge in [0.1, 0.15) is 0 Å². The molecule has 0 saturated carbocycles. The average Bonchev–Trinajstić information content (AvgIpc) is 3.51. The second-order valence-electron chi connectivity index (χ2n) is 9.99. The molecule has 0 amide bonds. The topological polar surface area (TPSA) is 17.8 Å². The maximum absolute atomic E-state index is 4.92. The van der Waals surface area contributed by atoms with Crippen molar-refractivity contribution in [1.82, 2.24) is 9.55 Å². The van der Waals surface area contributed by atoms with E-state index in [1.807, 2.05) is 17.5 Å². The fraction of sp³-hybridized carbons (Fsp3) is 0. The van der Waals surface area contributed by atoms with Crippen LogP contribution < -0.4 is 0 Å². The van der Waals surface area contributed by atoms with E-state index >= 15 is 0 Å². The number of hydrogen-bond donors (Lipinski definition) is 0. The number of hydrogen-bond acceptors (Lipinski definition) is 2. The van der Waals surface area contributed by atoms with Crippen LogP contribution in [0.2, 0.25) is 0 Å². The summed E-state index contributed by atoms with van der Waals surface area (Å²) in [6.07, 6.45) is 1.92. The third kappa shape index (κ3) is 2.64. The number of aromatic nitrogens is 2. The van der Waals surface area contributed by atoms with Crippen molar-refractivity contribution in [2.45, 2.75) is 0 Å². The average molecular weight is 501 g/mol. The van der Waals surface area contributed by atoms with Gasteiger partial charge in [-0.2, -0.15) is 0 Å². The third-order valence-corrected chi connectivity index (χ3v) is 9.12. The van der Waals surface area contributed by atoms with Crippen molar-refractivity contribution in [3.8, 4) is 5.69 Å². The molecule has 0 saturated heterocycles. The van der Waals surface area contributed by atoms with Gasteiger partial charge in [0.15, 0.2) is 0 Å². The second kappa shape index (κ2) is 7.41. The summed E-state index contributed by atoms with van der Waals surface area (Å²) < 4.78 is 5.05. The lowest BCUT2D eigenvalue weighted by Gasteiger charge is -2.12. The van der Waals surface area contributed by atoms with Gasteiger partial charge in [-0.3, -0.25) is 4.98 Å². The fourth-order valence-electron chi connectivity index (χ4n) is 6.34. The quantitative estimate of drug-likeness (QED) is 0.205. The first-order valence-electron chi connectivity index (χ1n) is 12.9. The van der Waals surface area contributed by atoms with Gasteiger partial charge in [-0.15, -0.1) is 11.3 Å². The van der Waals surface area contributed by atoms with E-state index in [2.05, 4.69) is 120 Å². The molecule has 0 N–H and O–H groups in total. The van der Waals surface area contributed by atoms with E-state index in [1.165, 1.54) is 74.6 Å². The van der Waals surface area contributed by atoms with Crippen LogP contribution in [0.15, 0.2) is 121 Å². The molecule has 3 heteroatoms. The molecule has 0 unspecified atom stereocenters. The summed E-state index contributed by atoms with van der Waals surface area (Å²) in [7, 11) is 0. The highest BCUT2D eigenvalue weighted by Gasteiger charge is 2.17. The number of rotatable bonds is 1. The minimum Gasteiger partial charge on any atom is -0.309 e. The van der Waals surface area contributed by atoms with Crippen molar-refractivity contribution < 1.29 is 0 Å². The van der Waals surface area contributed by atoms with Gasteiger partial charge in [-0.05, 0) is 70.8 Å². The first kappa shape index (κ1) is 20.3. The molecule has 176 valence electrons. The van der Waals surface area contributed by atoms with Gasteiger partial charge in [-0.25, -0.2) is 0 Å². The highest BCUT2D eigenvalue weighted by molar-refractivity contribution is 7.25. The molecular formula is C35H20N2S. The summed E-state index contributed by atoms with van der Waals surface area (Å²) in [4.78, 5) is 4.92. The van der Waals surface area contributed by atoms with Crippen molar-refractivity contribution in [3.05, 3.63) is 121 Å². The zero-order valence-electron chi connectivity index (χ0n) is 20.3. The molecule has 2 nitrogen and oxygen atoms in total. The standard InChI is InChI=1S/C35H20N2S/c1-2-9-21(10-3-1)37-31-14-6-4-11-22(31)28-17-25-24-13-8-16-36-35(24)30-18-29-23-12-5-7-15-33(23)38-34(29)20-27(30)26(25)19-32(28)37/h1-20H. The molecule has 0 fully saturated rings. The minimum absolute atomic E-state index is 1.07. The fourth-order valence-corrected chi connectivity index (χ4v) is 7.47. The van der Waals surface area contributed by atoms with Crippen LogP contribution >= 0.6 is 11.3 Å². The molecule has 0 spiro atoms. The lowest BCUT2D eigenvalue weighted by molar-refractivity contribution is 1.18. The van der Waals surface area contributed by atoms with E-state index in [-0.39, 0.29) is 0 Å². The van der Waals surface area contributed by atoms with E-state index in [1.54, 1.807) is 0 Å². The molecule has 9 aromatic rings. The Kier molecular flexibility index (Phi) is 3.96. The maximum Gasteiger partial charge on any atom is 0.0786 e. The van der Waals surface area contributed by atoms with Crippen molar-refractivity contribution in [2.75, 3.05) is 0 Å². The van der Waals surface area contributed by atoms with E-state index in [0.717, 1.165) is 5.52 Å². The minimum atomic E-state index is 1.07. The van der Waals surface area contributed by atoms with Crippen molar-refractivity contribution in [2.24, 2.45) is 0 Å². The van der Waals surface area contributed by atoms with Crippen LogP contribution in [-0.2, 0) is 0 Å². The Balaban J connectivity index is 1.54. The maximum atomic E-state index is 4.92. The molecule has 3 heterocycles. The number of nitrogens with zero attached hydrogens (tertiary/aromatic N) is 2. The number of pyridine rings is 1. The Morgan fingerprint density at radius 3 is 2.08 bits per heavy atom. The lowest BCUT2D eigenvalue weighted by Crippen LogP contribution is -1.93. The largest absolute Gasteiger partial charge is 0.309 e. The Morgan fingerprint density at radius 2 is 1.16 bits per heavy atom.